The van der Waals surface area contributed by atoms with E-state index >= 15 is 0 Å². The molecule has 1 heterocycles. The molecule has 0 fully saturated rings. The van der Waals surface area contributed by atoms with Crippen LogP contribution in [0, 0.1) is 5.92 Å². The third kappa shape index (κ3) is 4.65. The normalized spacial score (nSPS) is 15.7. The minimum absolute atomic E-state index is 0.215. The molecule has 5 nitrogen and oxygen atoms in total. The molecule has 0 aliphatic carbocycles. The molecule has 7 heteroatoms. The summed E-state index contributed by atoms with van der Waals surface area (Å²) in [6, 6.07) is 11.9. The molecule has 3 rings (SSSR count). The number of amides is 1. The molecular weight excluding hydrogens is 365 g/mol. The second kappa shape index (κ2) is 7.76. The molecule has 0 saturated carbocycles. The summed E-state index contributed by atoms with van der Waals surface area (Å²) in [6.07, 6.45) is 0.466. The number of fused-ring (bicyclic) bond motifs is 1. The van der Waals surface area contributed by atoms with E-state index in [1.54, 1.807) is 42.5 Å². The van der Waals surface area contributed by atoms with E-state index in [0.29, 0.717) is 27.9 Å². The Morgan fingerprint density at radius 1 is 1.12 bits per heavy atom. The predicted octanol–water partition coefficient (Wildman–Crippen LogP) is 3.73. The first-order valence-corrected chi connectivity index (χ1v) is 8.40. The monoisotopic (exact) mass is 379 g/mol. The van der Waals surface area contributed by atoms with Crippen LogP contribution < -0.4 is 10.1 Å². The van der Waals surface area contributed by atoms with Gasteiger partial charge in [0, 0.05) is 15.7 Å². The highest BCUT2D eigenvalue weighted by atomic mass is 35.5. The van der Waals surface area contributed by atoms with Gasteiger partial charge in [-0.15, -0.1) is 0 Å². The average Bonchev–Trinajstić information content (AvgIpc) is 2.61. The first-order chi connectivity index (χ1) is 12.0. The highest BCUT2D eigenvalue weighted by Gasteiger charge is 2.27. The van der Waals surface area contributed by atoms with Crippen molar-refractivity contribution in [2.24, 2.45) is 5.92 Å². The molecule has 1 N–H and O–H groups in total. The fraction of sp³-hybridized carbons (Fsp3) is 0.222. The second-order valence-electron chi connectivity index (χ2n) is 5.63. The lowest BCUT2D eigenvalue weighted by molar-refractivity contribution is -0.152. The minimum atomic E-state index is -0.475. The number of halogens is 2. The van der Waals surface area contributed by atoms with Gasteiger partial charge in [-0.1, -0.05) is 23.2 Å². The molecule has 130 valence electrons. The first-order valence-electron chi connectivity index (χ1n) is 7.64. The van der Waals surface area contributed by atoms with Crippen LogP contribution >= 0.6 is 23.2 Å². The van der Waals surface area contributed by atoms with Crippen LogP contribution in [0.3, 0.4) is 0 Å². The number of ether oxygens (including phenoxy) is 2. The summed E-state index contributed by atoms with van der Waals surface area (Å²) in [4.78, 5) is 24.0. The quantitative estimate of drug-likeness (QED) is 0.822. The van der Waals surface area contributed by atoms with Gasteiger partial charge in [-0.05, 0) is 54.4 Å². The molecule has 1 aliphatic heterocycles. The van der Waals surface area contributed by atoms with E-state index in [9.17, 15) is 9.59 Å². The van der Waals surface area contributed by atoms with Crippen LogP contribution in [0.1, 0.15) is 5.56 Å². The molecule has 0 aromatic heterocycles. The van der Waals surface area contributed by atoms with Crippen LogP contribution in [0.5, 0.6) is 5.75 Å². The zero-order valence-corrected chi connectivity index (χ0v) is 14.6. The Hall–Kier alpha value is -2.24. The average molecular weight is 380 g/mol. The Balaban J connectivity index is 1.51. The Morgan fingerprint density at radius 2 is 1.84 bits per heavy atom. The number of anilines is 1. The van der Waals surface area contributed by atoms with E-state index in [-0.39, 0.29) is 13.2 Å². The van der Waals surface area contributed by atoms with Crippen molar-refractivity contribution in [3.05, 3.63) is 58.1 Å². The van der Waals surface area contributed by atoms with Crippen LogP contribution in [0.25, 0.3) is 0 Å². The second-order valence-corrected chi connectivity index (χ2v) is 6.50. The van der Waals surface area contributed by atoms with E-state index < -0.39 is 17.8 Å². The summed E-state index contributed by atoms with van der Waals surface area (Å²) in [5.41, 5.74) is 1.43. The predicted molar refractivity (Wildman–Crippen MR) is 95.2 cm³/mol. The maximum absolute atomic E-state index is 12.2. The fourth-order valence-corrected chi connectivity index (χ4v) is 2.82. The third-order valence-electron chi connectivity index (χ3n) is 3.74. The van der Waals surface area contributed by atoms with E-state index in [1.807, 2.05) is 0 Å². The van der Waals surface area contributed by atoms with Crippen LogP contribution in [-0.4, -0.2) is 25.1 Å². The molecule has 0 saturated heterocycles. The van der Waals surface area contributed by atoms with Crippen LogP contribution in [0.4, 0.5) is 5.69 Å². The summed E-state index contributed by atoms with van der Waals surface area (Å²) < 4.78 is 10.6. The minimum Gasteiger partial charge on any atom is -0.492 e. The van der Waals surface area contributed by atoms with E-state index in [4.69, 9.17) is 32.7 Å². The summed E-state index contributed by atoms with van der Waals surface area (Å²) in [5, 5.41) is 3.78. The standard InChI is InChI=1S/C18H15Cl2NO4/c19-13-1-4-15(5-2-13)21-17(22)10-25-18(23)12-7-11-8-14(20)3-6-16(11)24-9-12/h1-6,8,12H,7,9-10H2,(H,21,22)/t12-/m1/s1. The Kier molecular flexibility index (Phi) is 5.46. The van der Waals surface area contributed by atoms with Crippen molar-refractivity contribution < 1.29 is 19.1 Å². The zero-order valence-electron chi connectivity index (χ0n) is 13.1. The van der Waals surface area contributed by atoms with Crippen molar-refractivity contribution >= 4 is 40.8 Å². The highest BCUT2D eigenvalue weighted by molar-refractivity contribution is 6.31. The first kappa shape index (κ1) is 17.6. The van der Waals surface area contributed by atoms with Crippen molar-refractivity contribution in [1.82, 2.24) is 0 Å². The van der Waals surface area contributed by atoms with Crippen molar-refractivity contribution in [2.45, 2.75) is 6.42 Å². The molecule has 1 aliphatic rings. The molecule has 0 radical (unpaired) electrons. The fourth-order valence-electron chi connectivity index (χ4n) is 2.50. The molecule has 0 spiro atoms. The van der Waals surface area contributed by atoms with E-state index in [1.165, 1.54) is 0 Å². The Morgan fingerprint density at radius 3 is 2.60 bits per heavy atom. The van der Waals surface area contributed by atoms with E-state index in [0.717, 1.165) is 5.56 Å². The van der Waals surface area contributed by atoms with Gasteiger partial charge in [-0.25, -0.2) is 0 Å². The van der Waals surface area contributed by atoms with Crippen molar-refractivity contribution in [1.29, 1.82) is 0 Å². The SMILES string of the molecule is O=C(COC(=O)[C@H]1COc2ccc(Cl)cc2C1)Nc1ccc(Cl)cc1. The summed E-state index contributed by atoms with van der Waals surface area (Å²) in [6.45, 7) is -0.146. The summed E-state index contributed by atoms with van der Waals surface area (Å²) >= 11 is 11.7. The number of esters is 1. The van der Waals surface area contributed by atoms with Crippen LogP contribution in [0.2, 0.25) is 10.0 Å². The van der Waals surface area contributed by atoms with Gasteiger partial charge in [0.25, 0.3) is 5.91 Å². The number of rotatable bonds is 4. The van der Waals surface area contributed by atoms with Gasteiger partial charge < -0.3 is 14.8 Å². The van der Waals surface area contributed by atoms with Crippen LogP contribution in [-0.2, 0) is 20.7 Å². The zero-order chi connectivity index (χ0) is 17.8. The molecule has 25 heavy (non-hydrogen) atoms. The maximum atomic E-state index is 12.2. The Labute approximate surface area is 154 Å². The molecule has 2 aromatic carbocycles. The summed E-state index contributed by atoms with van der Waals surface area (Å²) in [5.74, 6) is -0.643. The highest BCUT2D eigenvalue weighted by Crippen LogP contribution is 2.30. The number of hydrogen-bond acceptors (Lipinski definition) is 4. The van der Waals surface area contributed by atoms with Crippen molar-refractivity contribution in [3.8, 4) is 5.75 Å². The van der Waals surface area contributed by atoms with Crippen molar-refractivity contribution in [2.75, 3.05) is 18.5 Å². The number of carbonyl (C=O) groups is 2. The molecule has 0 bridgehead atoms. The topological polar surface area (TPSA) is 64.6 Å². The van der Waals surface area contributed by atoms with Gasteiger partial charge in [-0.3, -0.25) is 9.59 Å². The lowest BCUT2D eigenvalue weighted by atomic mass is 9.97. The lowest BCUT2D eigenvalue weighted by Crippen LogP contribution is -2.31. The number of benzene rings is 2. The van der Waals surface area contributed by atoms with Crippen LogP contribution in [0.15, 0.2) is 42.5 Å². The molecular formula is C18H15Cl2NO4. The number of nitrogens with one attached hydrogen (secondary N) is 1. The number of carbonyl (C=O) groups excluding carboxylic acids is 2. The van der Waals surface area contributed by atoms with Gasteiger partial charge in [0.05, 0.1) is 5.92 Å². The molecule has 1 amide bonds. The molecule has 2 aromatic rings. The summed E-state index contributed by atoms with van der Waals surface area (Å²) in [7, 11) is 0. The largest absolute Gasteiger partial charge is 0.492 e. The van der Waals surface area contributed by atoms with Gasteiger partial charge >= 0.3 is 5.97 Å². The Bertz CT molecular complexity index is 792. The van der Waals surface area contributed by atoms with Gasteiger partial charge in [-0.2, -0.15) is 0 Å². The molecule has 0 unspecified atom stereocenters. The van der Waals surface area contributed by atoms with E-state index in [2.05, 4.69) is 5.32 Å². The lowest BCUT2D eigenvalue weighted by Gasteiger charge is -2.24. The van der Waals surface area contributed by atoms with Gasteiger partial charge in [0.2, 0.25) is 0 Å². The smallest absolute Gasteiger partial charge is 0.313 e. The van der Waals surface area contributed by atoms with Crippen molar-refractivity contribution in [3.63, 3.8) is 0 Å². The third-order valence-corrected chi connectivity index (χ3v) is 4.22. The van der Waals surface area contributed by atoms with Gasteiger partial charge in [0.1, 0.15) is 12.4 Å². The maximum Gasteiger partial charge on any atom is 0.313 e. The molecule has 1 atom stereocenters. The van der Waals surface area contributed by atoms with Gasteiger partial charge in [0.15, 0.2) is 6.61 Å². The number of hydrogen-bond donors (Lipinski definition) is 1.